The van der Waals surface area contributed by atoms with Crippen molar-refractivity contribution in [2.75, 3.05) is 11.6 Å². The van der Waals surface area contributed by atoms with Crippen molar-refractivity contribution in [3.63, 3.8) is 0 Å². The molecule has 37 heavy (non-hydrogen) atoms. The van der Waals surface area contributed by atoms with Crippen LogP contribution in [0.5, 0.6) is 0 Å². The van der Waals surface area contributed by atoms with E-state index in [4.69, 9.17) is 34.0 Å². The predicted octanol–water partition coefficient (Wildman–Crippen LogP) is 4.45. The maximum absolute atomic E-state index is 13.4. The summed E-state index contributed by atoms with van der Waals surface area (Å²) in [6.07, 6.45) is 0. The first-order chi connectivity index (χ1) is 17.8. The maximum atomic E-state index is 13.4. The topological polar surface area (TPSA) is 98.5 Å². The normalized spacial score (nSPS) is 16.0. The summed E-state index contributed by atoms with van der Waals surface area (Å²) in [6, 6.07) is 23.7. The van der Waals surface area contributed by atoms with E-state index in [0.29, 0.717) is 16.6 Å². The molecule has 1 aliphatic rings. The highest BCUT2D eigenvalue weighted by Crippen LogP contribution is 2.32. The van der Waals surface area contributed by atoms with Gasteiger partial charge in [-0.3, -0.25) is 4.79 Å². The van der Waals surface area contributed by atoms with Gasteiger partial charge in [0.25, 0.3) is 0 Å². The molecule has 0 aliphatic carbocycles. The van der Waals surface area contributed by atoms with E-state index in [1.54, 1.807) is 24.1 Å². The first-order valence-electron chi connectivity index (χ1n) is 11.7. The number of benzene rings is 3. The molecule has 0 fully saturated rings. The number of anilines is 1. The lowest BCUT2D eigenvalue weighted by atomic mass is 9.91. The van der Waals surface area contributed by atoms with Crippen molar-refractivity contribution in [1.82, 2.24) is 14.3 Å². The molecular weight excluding hydrogens is 511 g/mol. The Morgan fingerprint density at radius 2 is 1.62 bits per heavy atom. The van der Waals surface area contributed by atoms with Crippen LogP contribution in [0.1, 0.15) is 35.6 Å². The Hall–Kier alpha value is -3.88. The van der Waals surface area contributed by atoms with E-state index >= 15 is 0 Å². The Balaban J connectivity index is 1.60. The highest BCUT2D eigenvalue weighted by atomic mass is 35.5. The van der Waals surface area contributed by atoms with E-state index in [2.05, 4.69) is 5.10 Å². The molecule has 8 nitrogen and oxygen atoms in total. The van der Waals surface area contributed by atoms with E-state index < -0.39 is 17.6 Å². The standard InChI is InChI=1S/C27H24Cl2N6O2/c1-17(25(30)36)35-26(32-34(27(35)37)15-18-7-11-21(28)12-8-18)33-16-23(19-5-3-2-4-6-19)24(31-33)20-9-13-22(29)14-10-20/h2-14,17,23H,15-16H2,1H3,(H2,30,36)/t17-,23-/m0/s1. The molecule has 2 N–H and O–H groups in total. The largest absolute Gasteiger partial charge is 0.368 e. The van der Waals surface area contributed by atoms with Crippen molar-refractivity contribution in [3.05, 3.63) is 116 Å². The molecule has 188 valence electrons. The van der Waals surface area contributed by atoms with Crippen molar-refractivity contribution >= 4 is 40.8 Å². The third-order valence-corrected chi connectivity index (χ3v) is 6.89. The zero-order chi connectivity index (χ0) is 26.1. The van der Waals surface area contributed by atoms with E-state index in [0.717, 1.165) is 22.4 Å². The van der Waals surface area contributed by atoms with Gasteiger partial charge in [-0.15, -0.1) is 5.10 Å². The molecule has 0 unspecified atom stereocenters. The number of amides is 1. The first kappa shape index (κ1) is 24.8. The Bertz CT molecular complexity index is 1510. The second-order valence-electron chi connectivity index (χ2n) is 8.85. The number of primary amides is 1. The average molecular weight is 535 g/mol. The van der Waals surface area contributed by atoms with E-state index in [9.17, 15) is 9.59 Å². The predicted molar refractivity (Wildman–Crippen MR) is 145 cm³/mol. The lowest BCUT2D eigenvalue weighted by Gasteiger charge is -2.18. The zero-order valence-corrected chi connectivity index (χ0v) is 21.5. The lowest BCUT2D eigenvalue weighted by Crippen LogP contribution is -2.35. The molecule has 0 saturated carbocycles. The number of nitrogens with zero attached hydrogens (tertiary/aromatic N) is 5. The number of nitrogens with two attached hydrogens (primary N) is 1. The fraction of sp³-hybridized carbons (Fsp3) is 0.185. The van der Waals surface area contributed by atoms with Gasteiger partial charge in [0.2, 0.25) is 11.9 Å². The third kappa shape index (κ3) is 5.03. The molecule has 0 radical (unpaired) electrons. The van der Waals surface area contributed by atoms with Crippen molar-refractivity contribution < 1.29 is 4.79 Å². The van der Waals surface area contributed by atoms with Crippen molar-refractivity contribution in [3.8, 4) is 0 Å². The molecule has 2 atom stereocenters. The van der Waals surface area contributed by atoms with Crippen molar-refractivity contribution in [2.45, 2.75) is 25.4 Å². The Kier molecular flexibility index (Phi) is 6.86. The molecule has 2 heterocycles. The van der Waals surface area contributed by atoms with Gasteiger partial charge >= 0.3 is 5.69 Å². The van der Waals surface area contributed by atoms with Crippen LogP contribution in [-0.4, -0.2) is 32.5 Å². The number of hydrogen-bond donors (Lipinski definition) is 1. The number of carbonyl (C=O) groups excluding carboxylic acids is 1. The summed E-state index contributed by atoms with van der Waals surface area (Å²) in [5.74, 6) is -0.499. The summed E-state index contributed by atoms with van der Waals surface area (Å²) in [7, 11) is 0. The number of halogens is 2. The number of aromatic nitrogens is 3. The molecule has 1 aliphatic heterocycles. The van der Waals surface area contributed by atoms with Gasteiger partial charge in [0.15, 0.2) is 0 Å². The van der Waals surface area contributed by atoms with Gasteiger partial charge in [-0.1, -0.05) is 77.8 Å². The molecule has 5 rings (SSSR count). The van der Waals surface area contributed by atoms with Crippen LogP contribution in [0.2, 0.25) is 10.0 Å². The van der Waals surface area contributed by atoms with Gasteiger partial charge in [0.1, 0.15) is 6.04 Å². The summed E-state index contributed by atoms with van der Waals surface area (Å²) >= 11 is 12.1. The summed E-state index contributed by atoms with van der Waals surface area (Å²) in [5.41, 5.74) is 8.77. The van der Waals surface area contributed by atoms with Crippen LogP contribution < -0.4 is 16.4 Å². The highest BCUT2D eigenvalue weighted by molar-refractivity contribution is 6.31. The first-order valence-corrected chi connectivity index (χ1v) is 12.5. The number of rotatable bonds is 7. The maximum Gasteiger partial charge on any atom is 0.348 e. The van der Waals surface area contributed by atoms with Gasteiger partial charge in [0.05, 0.1) is 18.8 Å². The second kappa shape index (κ2) is 10.2. The van der Waals surface area contributed by atoms with Gasteiger partial charge in [-0.25, -0.2) is 19.1 Å². The Labute approximate surface area is 223 Å². The van der Waals surface area contributed by atoms with Gasteiger partial charge in [0, 0.05) is 16.0 Å². The molecular formula is C27H24Cl2N6O2. The Morgan fingerprint density at radius 1 is 1.00 bits per heavy atom. The lowest BCUT2D eigenvalue weighted by molar-refractivity contribution is -0.120. The number of hydrazone groups is 1. The zero-order valence-electron chi connectivity index (χ0n) is 20.0. The van der Waals surface area contributed by atoms with Crippen molar-refractivity contribution in [1.29, 1.82) is 0 Å². The average Bonchev–Trinajstić information content (AvgIpc) is 3.48. The van der Waals surface area contributed by atoms with Crippen LogP contribution in [0.15, 0.2) is 88.8 Å². The van der Waals surface area contributed by atoms with Crippen LogP contribution in [-0.2, 0) is 11.3 Å². The van der Waals surface area contributed by atoms with E-state index in [1.165, 1.54) is 9.25 Å². The summed E-state index contributed by atoms with van der Waals surface area (Å²) in [4.78, 5) is 25.6. The molecule has 0 bridgehead atoms. The second-order valence-corrected chi connectivity index (χ2v) is 9.73. The van der Waals surface area contributed by atoms with E-state index in [1.807, 2.05) is 66.7 Å². The minimum absolute atomic E-state index is 0.101. The SMILES string of the molecule is C[C@@H](C(N)=O)n1c(N2C[C@@H](c3ccccc3)C(c3ccc(Cl)cc3)=N2)nn(Cc2ccc(Cl)cc2)c1=O. The monoisotopic (exact) mass is 534 g/mol. The Morgan fingerprint density at radius 3 is 2.24 bits per heavy atom. The minimum atomic E-state index is -0.925. The summed E-state index contributed by atoms with van der Waals surface area (Å²) < 4.78 is 2.61. The molecule has 0 saturated heterocycles. The smallest absolute Gasteiger partial charge is 0.348 e. The highest BCUT2D eigenvalue weighted by Gasteiger charge is 2.34. The fourth-order valence-corrected chi connectivity index (χ4v) is 4.62. The van der Waals surface area contributed by atoms with Gasteiger partial charge < -0.3 is 5.73 Å². The van der Waals surface area contributed by atoms with Gasteiger partial charge in [-0.05, 0) is 47.9 Å². The molecule has 1 aromatic heterocycles. The van der Waals surface area contributed by atoms with Crippen LogP contribution in [0.25, 0.3) is 0 Å². The quantitative estimate of drug-likeness (QED) is 0.378. The molecule has 3 aromatic carbocycles. The minimum Gasteiger partial charge on any atom is -0.368 e. The molecule has 4 aromatic rings. The fourth-order valence-electron chi connectivity index (χ4n) is 4.37. The van der Waals surface area contributed by atoms with Crippen LogP contribution in [0.3, 0.4) is 0 Å². The van der Waals surface area contributed by atoms with Crippen LogP contribution in [0.4, 0.5) is 5.95 Å². The van der Waals surface area contributed by atoms with Gasteiger partial charge in [-0.2, -0.15) is 5.10 Å². The number of carbonyl (C=O) groups is 1. The molecule has 1 amide bonds. The van der Waals surface area contributed by atoms with Crippen LogP contribution in [0, 0.1) is 0 Å². The van der Waals surface area contributed by atoms with E-state index in [-0.39, 0.29) is 18.4 Å². The van der Waals surface area contributed by atoms with Crippen LogP contribution >= 0.6 is 23.2 Å². The third-order valence-electron chi connectivity index (χ3n) is 6.38. The summed E-state index contributed by atoms with van der Waals surface area (Å²) in [5, 5.41) is 12.4. The van der Waals surface area contributed by atoms with Crippen molar-refractivity contribution in [2.24, 2.45) is 10.8 Å². The summed E-state index contributed by atoms with van der Waals surface area (Å²) in [6.45, 7) is 2.20. The molecule has 10 heteroatoms. The molecule has 0 spiro atoms. The number of hydrogen-bond acceptors (Lipinski definition) is 5.